The summed E-state index contributed by atoms with van der Waals surface area (Å²) in [6, 6.07) is 0. The Kier molecular flexibility index (Phi) is 8.64. The summed E-state index contributed by atoms with van der Waals surface area (Å²) in [5.41, 5.74) is 0. The smallest absolute Gasteiger partial charge is 0.219 e. The highest BCUT2D eigenvalue weighted by Gasteiger charge is 2.02. The Labute approximate surface area is 86.9 Å². The van der Waals surface area contributed by atoms with Crippen molar-refractivity contribution in [3.05, 3.63) is 0 Å². The van der Waals surface area contributed by atoms with Gasteiger partial charge in [-0.05, 0) is 19.3 Å². The molecular formula is C11H23NO2. The molecule has 0 saturated carbocycles. The van der Waals surface area contributed by atoms with Gasteiger partial charge >= 0.3 is 0 Å². The van der Waals surface area contributed by atoms with Crippen LogP contribution in [-0.2, 0) is 4.79 Å². The quantitative estimate of drug-likeness (QED) is 0.589. The molecule has 0 rings (SSSR count). The minimum atomic E-state index is -0.272. The van der Waals surface area contributed by atoms with Gasteiger partial charge < -0.3 is 10.4 Å². The Morgan fingerprint density at radius 2 is 2.07 bits per heavy atom. The van der Waals surface area contributed by atoms with E-state index in [9.17, 15) is 9.90 Å². The molecule has 3 nitrogen and oxygen atoms in total. The first-order valence-electron chi connectivity index (χ1n) is 5.65. The first-order chi connectivity index (χ1) is 6.70. The molecule has 0 aromatic carbocycles. The second-order valence-electron chi connectivity index (χ2n) is 3.66. The zero-order chi connectivity index (χ0) is 10.8. The van der Waals surface area contributed by atoms with E-state index < -0.39 is 0 Å². The maximum Gasteiger partial charge on any atom is 0.219 e. The van der Waals surface area contributed by atoms with E-state index in [1.807, 2.05) is 6.92 Å². The molecule has 0 aliphatic heterocycles. The highest BCUT2D eigenvalue weighted by molar-refractivity contribution is 5.75. The largest absolute Gasteiger partial charge is 0.393 e. The van der Waals surface area contributed by atoms with Gasteiger partial charge in [0, 0.05) is 13.0 Å². The van der Waals surface area contributed by atoms with Gasteiger partial charge in [0.1, 0.15) is 0 Å². The van der Waals surface area contributed by atoms with Crippen molar-refractivity contribution in [3.63, 3.8) is 0 Å². The number of amides is 1. The summed E-state index contributed by atoms with van der Waals surface area (Å²) in [4.78, 5) is 11.2. The molecule has 1 unspecified atom stereocenters. The van der Waals surface area contributed by atoms with Crippen molar-refractivity contribution >= 4 is 5.91 Å². The normalized spacial score (nSPS) is 12.5. The Hall–Kier alpha value is -0.570. The second-order valence-corrected chi connectivity index (χ2v) is 3.66. The highest BCUT2D eigenvalue weighted by Crippen LogP contribution is 1.99. The first kappa shape index (κ1) is 13.4. The Morgan fingerprint density at radius 1 is 1.36 bits per heavy atom. The Balaban J connectivity index is 3.26. The molecule has 3 heteroatoms. The van der Waals surface area contributed by atoms with Crippen LogP contribution in [0.2, 0.25) is 0 Å². The first-order valence-corrected chi connectivity index (χ1v) is 5.65. The van der Waals surface area contributed by atoms with E-state index in [1.165, 1.54) is 0 Å². The molecule has 0 saturated heterocycles. The van der Waals surface area contributed by atoms with Crippen LogP contribution in [0.5, 0.6) is 0 Å². The molecule has 14 heavy (non-hydrogen) atoms. The second kappa shape index (κ2) is 9.00. The number of hydrogen-bond donors (Lipinski definition) is 2. The third-order valence-corrected chi connectivity index (χ3v) is 2.28. The molecule has 0 spiro atoms. The molecule has 1 atom stereocenters. The minimum Gasteiger partial charge on any atom is -0.393 e. The zero-order valence-corrected chi connectivity index (χ0v) is 9.38. The van der Waals surface area contributed by atoms with Gasteiger partial charge in [0.2, 0.25) is 5.91 Å². The number of unbranched alkanes of at least 4 members (excludes halogenated alkanes) is 2. The van der Waals surface area contributed by atoms with Crippen molar-refractivity contribution in [3.8, 4) is 0 Å². The fourth-order valence-electron chi connectivity index (χ4n) is 1.21. The molecule has 2 N–H and O–H groups in total. The van der Waals surface area contributed by atoms with Crippen LogP contribution < -0.4 is 5.32 Å². The summed E-state index contributed by atoms with van der Waals surface area (Å²) in [6.07, 6.45) is 4.99. The van der Waals surface area contributed by atoms with Crippen molar-refractivity contribution in [1.29, 1.82) is 0 Å². The fourth-order valence-corrected chi connectivity index (χ4v) is 1.21. The lowest BCUT2D eigenvalue weighted by atomic mass is 10.2. The molecule has 0 aromatic heterocycles. The molecule has 0 aliphatic rings. The fraction of sp³-hybridized carbons (Fsp3) is 0.909. The van der Waals surface area contributed by atoms with Crippen LogP contribution in [0.4, 0.5) is 0 Å². The van der Waals surface area contributed by atoms with Crippen LogP contribution in [-0.4, -0.2) is 23.7 Å². The Bertz CT molecular complexity index is 148. The van der Waals surface area contributed by atoms with Crippen molar-refractivity contribution in [2.24, 2.45) is 0 Å². The summed E-state index contributed by atoms with van der Waals surface area (Å²) in [7, 11) is 0. The summed E-state index contributed by atoms with van der Waals surface area (Å²) in [5.74, 6) is 0.113. The van der Waals surface area contributed by atoms with E-state index in [-0.39, 0.29) is 12.0 Å². The molecule has 0 bridgehead atoms. The third kappa shape index (κ3) is 8.05. The van der Waals surface area contributed by atoms with E-state index in [4.69, 9.17) is 0 Å². The van der Waals surface area contributed by atoms with Crippen molar-refractivity contribution in [1.82, 2.24) is 5.32 Å². The maximum absolute atomic E-state index is 11.2. The van der Waals surface area contributed by atoms with Crippen molar-refractivity contribution < 1.29 is 9.90 Å². The summed E-state index contributed by atoms with van der Waals surface area (Å²) < 4.78 is 0. The van der Waals surface area contributed by atoms with Crippen molar-refractivity contribution in [2.75, 3.05) is 6.54 Å². The van der Waals surface area contributed by atoms with E-state index in [2.05, 4.69) is 12.2 Å². The summed E-state index contributed by atoms with van der Waals surface area (Å²) >= 11 is 0. The lowest BCUT2D eigenvalue weighted by Crippen LogP contribution is -2.26. The number of carbonyl (C=O) groups excluding carboxylic acids is 1. The van der Waals surface area contributed by atoms with E-state index >= 15 is 0 Å². The molecule has 0 aliphatic carbocycles. The molecule has 84 valence electrons. The average molecular weight is 201 g/mol. The third-order valence-electron chi connectivity index (χ3n) is 2.28. The van der Waals surface area contributed by atoms with Crippen LogP contribution in [0.25, 0.3) is 0 Å². The minimum absolute atomic E-state index is 0.113. The number of rotatable bonds is 8. The number of aliphatic hydroxyl groups excluding tert-OH is 1. The van der Waals surface area contributed by atoms with E-state index in [0.29, 0.717) is 19.4 Å². The maximum atomic E-state index is 11.2. The van der Waals surface area contributed by atoms with Crippen LogP contribution in [0.3, 0.4) is 0 Å². The summed E-state index contributed by atoms with van der Waals surface area (Å²) in [5, 5.41) is 12.0. The molecule has 0 radical (unpaired) electrons. The highest BCUT2D eigenvalue weighted by atomic mass is 16.3. The lowest BCUT2D eigenvalue weighted by molar-refractivity contribution is -0.121. The standard InChI is InChI=1S/C11H23NO2/c1-3-5-6-7-11(14)12-9-8-10(13)4-2/h10,13H,3-9H2,1-2H3,(H,12,14). The number of hydrogen-bond acceptors (Lipinski definition) is 2. The monoisotopic (exact) mass is 201 g/mol. The van der Waals surface area contributed by atoms with Gasteiger partial charge in [-0.15, -0.1) is 0 Å². The van der Waals surface area contributed by atoms with Gasteiger partial charge in [0.15, 0.2) is 0 Å². The van der Waals surface area contributed by atoms with Crippen LogP contribution >= 0.6 is 0 Å². The SMILES string of the molecule is CCCCCC(=O)NCCC(O)CC. The van der Waals surface area contributed by atoms with Gasteiger partial charge in [0.05, 0.1) is 6.10 Å². The number of nitrogens with one attached hydrogen (secondary N) is 1. The van der Waals surface area contributed by atoms with E-state index in [1.54, 1.807) is 0 Å². The van der Waals surface area contributed by atoms with Gasteiger partial charge in [-0.1, -0.05) is 26.7 Å². The predicted molar refractivity (Wildman–Crippen MR) is 58.1 cm³/mol. The van der Waals surface area contributed by atoms with E-state index in [0.717, 1.165) is 25.7 Å². The number of carbonyl (C=O) groups is 1. The van der Waals surface area contributed by atoms with Crippen LogP contribution in [0.15, 0.2) is 0 Å². The average Bonchev–Trinajstić information content (AvgIpc) is 2.18. The molecule has 1 amide bonds. The predicted octanol–water partition coefficient (Wildman–Crippen LogP) is 1.84. The van der Waals surface area contributed by atoms with Gasteiger partial charge in [-0.3, -0.25) is 4.79 Å². The van der Waals surface area contributed by atoms with Gasteiger partial charge in [-0.2, -0.15) is 0 Å². The lowest BCUT2D eigenvalue weighted by Gasteiger charge is -2.08. The number of aliphatic hydroxyl groups is 1. The van der Waals surface area contributed by atoms with Crippen molar-refractivity contribution in [2.45, 2.75) is 58.5 Å². The molecule has 0 fully saturated rings. The van der Waals surface area contributed by atoms with Crippen LogP contribution in [0.1, 0.15) is 52.4 Å². The zero-order valence-electron chi connectivity index (χ0n) is 9.38. The topological polar surface area (TPSA) is 49.3 Å². The molecule has 0 aromatic rings. The summed E-state index contributed by atoms with van der Waals surface area (Å²) in [6.45, 7) is 4.66. The molecule has 0 heterocycles. The van der Waals surface area contributed by atoms with Crippen LogP contribution in [0, 0.1) is 0 Å². The van der Waals surface area contributed by atoms with Gasteiger partial charge in [-0.25, -0.2) is 0 Å². The molecular weight excluding hydrogens is 178 g/mol. The Morgan fingerprint density at radius 3 is 2.64 bits per heavy atom. The van der Waals surface area contributed by atoms with Gasteiger partial charge in [0.25, 0.3) is 0 Å².